The van der Waals surface area contributed by atoms with E-state index in [-0.39, 0.29) is 5.78 Å². The maximum Gasteiger partial charge on any atom is 0.246 e. The summed E-state index contributed by atoms with van der Waals surface area (Å²) in [6.07, 6.45) is 9.70. The number of nitrogens with zero attached hydrogens (tertiary/aromatic N) is 3. The molecule has 0 spiro atoms. The van der Waals surface area contributed by atoms with Crippen LogP contribution in [0.4, 0.5) is 0 Å². The van der Waals surface area contributed by atoms with Crippen molar-refractivity contribution in [2.45, 2.75) is 50.7 Å². The number of hydrogen-bond donors (Lipinski definition) is 1. The number of pyridine rings is 1. The lowest BCUT2D eigenvalue weighted by Crippen LogP contribution is -2.63. The fourth-order valence-electron chi connectivity index (χ4n) is 4.54. The number of rotatable bonds is 5. The van der Waals surface area contributed by atoms with E-state index in [1.54, 1.807) is 12.4 Å². The SMILES string of the molecule is O=C1C(=O)C(NCC2CCCN3CCCCC23)C1=NCc1ccncc1. The summed E-state index contributed by atoms with van der Waals surface area (Å²) in [5, 5.41) is 3.35. The minimum absolute atomic E-state index is 0.338. The second-order valence-electron chi connectivity index (χ2n) is 7.59. The molecule has 3 unspecified atom stereocenters. The van der Waals surface area contributed by atoms with Gasteiger partial charge in [0.2, 0.25) is 11.6 Å². The number of hydrogen-bond acceptors (Lipinski definition) is 6. The summed E-state index contributed by atoms with van der Waals surface area (Å²) in [6, 6.07) is 3.87. The fourth-order valence-corrected chi connectivity index (χ4v) is 4.54. The van der Waals surface area contributed by atoms with Crippen LogP contribution in [0.5, 0.6) is 0 Å². The van der Waals surface area contributed by atoms with E-state index in [0.717, 1.165) is 12.1 Å². The Hall–Kier alpha value is -1.92. The van der Waals surface area contributed by atoms with Gasteiger partial charge in [-0.25, -0.2) is 0 Å². The van der Waals surface area contributed by atoms with Gasteiger partial charge in [-0.3, -0.25) is 19.6 Å². The third-order valence-electron chi connectivity index (χ3n) is 5.99. The summed E-state index contributed by atoms with van der Waals surface area (Å²) in [6.45, 7) is 3.62. The average Bonchev–Trinajstić information content (AvgIpc) is 2.70. The van der Waals surface area contributed by atoms with E-state index in [0.29, 0.717) is 24.2 Å². The van der Waals surface area contributed by atoms with Gasteiger partial charge in [0.15, 0.2) is 0 Å². The molecule has 0 aromatic carbocycles. The third-order valence-corrected chi connectivity index (χ3v) is 5.99. The number of nitrogens with one attached hydrogen (secondary N) is 1. The summed E-state index contributed by atoms with van der Waals surface area (Å²) in [5.41, 5.74) is 1.38. The number of aliphatic imine (C=N–C) groups is 1. The first kappa shape index (κ1) is 17.5. The van der Waals surface area contributed by atoms with Crippen molar-refractivity contribution in [1.82, 2.24) is 15.2 Å². The first-order valence-corrected chi connectivity index (χ1v) is 9.73. The van der Waals surface area contributed by atoms with Crippen molar-refractivity contribution in [3.05, 3.63) is 30.1 Å². The third kappa shape index (κ3) is 3.48. The van der Waals surface area contributed by atoms with Crippen LogP contribution in [0.2, 0.25) is 0 Å². The Labute approximate surface area is 154 Å². The molecule has 3 aliphatic rings. The van der Waals surface area contributed by atoms with Crippen molar-refractivity contribution >= 4 is 17.3 Å². The monoisotopic (exact) mass is 354 g/mol. The lowest BCUT2D eigenvalue weighted by atomic mass is 9.82. The van der Waals surface area contributed by atoms with Gasteiger partial charge in [-0.1, -0.05) is 6.42 Å². The van der Waals surface area contributed by atoms with Gasteiger partial charge in [0.1, 0.15) is 11.8 Å². The molecule has 6 nitrogen and oxygen atoms in total. The summed E-state index contributed by atoms with van der Waals surface area (Å²) >= 11 is 0. The van der Waals surface area contributed by atoms with Gasteiger partial charge in [-0.15, -0.1) is 0 Å². The van der Waals surface area contributed by atoms with Gasteiger partial charge >= 0.3 is 0 Å². The Morgan fingerprint density at radius 2 is 1.92 bits per heavy atom. The van der Waals surface area contributed by atoms with Gasteiger partial charge in [0.25, 0.3) is 0 Å². The summed E-state index contributed by atoms with van der Waals surface area (Å²) in [7, 11) is 0. The molecule has 6 heteroatoms. The molecule has 3 fully saturated rings. The Kier molecular flexibility index (Phi) is 5.22. The lowest BCUT2D eigenvalue weighted by Gasteiger charge is -2.45. The number of Topliss-reactive ketones (excluding diaryl/α,β-unsaturated/α-hetero) is 2. The first-order chi connectivity index (χ1) is 12.7. The number of carbonyl (C=O) groups excluding carboxylic acids is 2. The van der Waals surface area contributed by atoms with Crippen LogP contribution in [0.3, 0.4) is 0 Å². The number of fused-ring (bicyclic) bond motifs is 1. The van der Waals surface area contributed by atoms with Crippen molar-refractivity contribution in [3.63, 3.8) is 0 Å². The molecule has 138 valence electrons. The second-order valence-corrected chi connectivity index (χ2v) is 7.59. The van der Waals surface area contributed by atoms with Crippen LogP contribution in [-0.4, -0.2) is 58.9 Å². The summed E-state index contributed by atoms with van der Waals surface area (Å²) in [5.74, 6) is -0.205. The Bertz CT molecular complexity index is 701. The Balaban J connectivity index is 1.37. The number of carbonyl (C=O) groups is 2. The molecule has 2 saturated heterocycles. The molecule has 0 bridgehead atoms. The van der Waals surface area contributed by atoms with Gasteiger partial charge in [-0.05, 0) is 62.4 Å². The maximum atomic E-state index is 12.0. The number of ketones is 2. The highest BCUT2D eigenvalue weighted by atomic mass is 16.2. The highest BCUT2D eigenvalue weighted by molar-refractivity contribution is 6.80. The van der Waals surface area contributed by atoms with Crippen molar-refractivity contribution in [2.75, 3.05) is 19.6 Å². The largest absolute Gasteiger partial charge is 0.302 e. The average molecular weight is 354 g/mol. The normalized spacial score (nSPS) is 30.9. The smallest absolute Gasteiger partial charge is 0.246 e. The molecule has 1 aromatic heterocycles. The molecule has 0 radical (unpaired) electrons. The predicted molar refractivity (Wildman–Crippen MR) is 99.1 cm³/mol. The van der Waals surface area contributed by atoms with Crippen LogP contribution in [0.15, 0.2) is 29.5 Å². The van der Waals surface area contributed by atoms with E-state index in [2.05, 4.69) is 20.2 Å². The maximum absolute atomic E-state index is 12.0. The topological polar surface area (TPSA) is 74.7 Å². The highest BCUT2D eigenvalue weighted by Crippen LogP contribution is 2.30. The lowest BCUT2D eigenvalue weighted by molar-refractivity contribution is -0.136. The van der Waals surface area contributed by atoms with Crippen LogP contribution in [0.25, 0.3) is 0 Å². The molecule has 1 N–H and O–H groups in total. The van der Waals surface area contributed by atoms with Gasteiger partial charge in [0, 0.05) is 25.0 Å². The van der Waals surface area contributed by atoms with E-state index in [1.807, 2.05) is 12.1 Å². The van der Waals surface area contributed by atoms with Crippen molar-refractivity contribution in [2.24, 2.45) is 10.9 Å². The molecule has 4 rings (SSSR count). The molecule has 1 saturated carbocycles. The van der Waals surface area contributed by atoms with E-state index >= 15 is 0 Å². The number of aromatic nitrogens is 1. The Morgan fingerprint density at radius 1 is 1.12 bits per heavy atom. The van der Waals surface area contributed by atoms with E-state index in [9.17, 15) is 9.59 Å². The minimum Gasteiger partial charge on any atom is -0.302 e. The van der Waals surface area contributed by atoms with Crippen LogP contribution < -0.4 is 5.32 Å². The molecular weight excluding hydrogens is 328 g/mol. The zero-order valence-corrected chi connectivity index (χ0v) is 15.1. The van der Waals surface area contributed by atoms with Gasteiger partial charge in [-0.2, -0.15) is 0 Å². The molecule has 3 heterocycles. The van der Waals surface area contributed by atoms with Gasteiger partial charge < -0.3 is 10.2 Å². The van der Waals surface area contributed by atoms with Crippen LogP contribution >= 0.6 is 0 Å². The minimum atomic E-state index is -0.511. The van der Waals surface area contributed by atoms with Crippen molar-refractivity contribution in [1.29, 1.82) is 0 Å². The second kappa shape index (κ2) is 7.76. The Morgan fingerprint density at radius 3 is 2.77 bits per heavy atom. The zero-order chi connectivity index (χ0) is 17.9. The number of piperidine rings is 2. The fraction of sp³-hybridized carbons (Fsp3) is 0.600. The zero-order valence-electron chi connectivity index (χ0n) is 15.1. The standard InChI is InChI=1S/C20H26N4O2/c25-19-17(22-12-14-6-8-21-9-7-14)18(20(19)26)23-13-15-4-3-11-24-10-2-1-5-16(15)24/h6-9,15-16,18,23H,1-5,10-13H2. The van der Waals surface area contributed by atoms with E-state index in [1.165, 1.54) is 45.2 Å². The first-order valence-electron chi connectivity index (χ1n) is 9.73. The van der Waals surface area contributed by atoms with Crippen LogP contribution in [-0.2, 0) is 16.1 Å². The van der Waals surface area contributed by atoms with Crippen LogP contribution in [0, 0.1) is 5.92 Å². The molecular formula is C20H26N4O2. The van der Waals surface area contributed by atoms with Gasteiger partial charge in [0.05, 0.1) is 6.54 Å². The van der Waals surface area contributed by atoms with Crippen molar-refractivity contribution in [3.8, 4) is 0 Å². The molecule has 3 atom stereocenters. The quantitative estimate of drug-likeness (QED) is 0.809. The molecule has 1 aliphatic carbocycles. The molecule has 1 aromatic rings. The highest BCUT2D eigenvalue weighted by Gasteiger charge is 2.46. The summed E-state index contributed by atoms with van der Waals surface area (Å²) < 4.78 is 0. The summed E-state index contributed by atoms with van der Waals surface area (Å²) in [4.78, 5) is 35.0. The molecule has 0 amide bonds. The van der Waals surface area contributed by atoms with E-state index < -0.39 is 11.8 Å². The predicted octanol–water partition coefficient (Wildman–Crippen LogP) is 1.40. The molecule has 26 heavy (non-hydrogen) atoms. The van der Waals surface area contributed by atoms with Crippen molar-refractivity contribution < 1.29 is 9.59 Å². The molecule has 2 aliphatic heterocycles. The van der Waals surface area contributed by atoms with E-state index in [4.69, 9.17) is 0 Å². The van der Waals surface area contributed by atoms with Crippen LogP contribution in [0.1, 0.15) is 37.7 Å².